The minimum atomic E-state index is 0.180. The number of hydrogen-bond donors (Lipinski definition) is 1. The maximum absolute atomic E-state index is 5.63. The van der Waals surface area contributed by atoms with Crippen LogP contribution in [0.3, 0.4) is 0 Å². The first-order chi connectivity index (χ1) is 9.04. The summed E-state index contributed by atoms with van der Waals surface area (Å²) >= 11 is 0. The van der Waals surface area contributed by atoms with Crippen molar-refractivity contribution in [2.24, 2.45) is 0 Å². The van der Waals surface area contributed by atoms with Crippen LogP contribution in [0.5, 0.6) is 5.75 Å². The van der Waals surface area contributed by atoms with E-state index in [-0.39, 0.29) is 12.6 Å². The van der Waals surface area contributed by atoms with Gasteiger partial charge in [0.1, 0.15) is 12.4 Å². The number of anilines is 2. The summed E-state index contributed by atoms with van der Waals surface area (Å²) in [6.45, 7) is 2.14. The minimum absolute atomic E-state index is 0.180. The summed E-state index contributed by atoms with van der Waals surface area (Å²) < 4.78 is 5.55. The van der Waals surface area contributed by atoms with Gasteiger partial charge in [-0.2, -0.15) is 15.0 Å². The second kappa shape index (κ2) is 5.47. The Labute approximate surface area is 111 Å². The minimum Gasteiger partial charge on any atom is -0.484 e. The lowest BCUT2D eigenvalue weighted by Gasteiger charge is -2.11. The fourth-order valence-corrected chi connectivity index (χ4v) is 1.38. The fourth-order valence-electron chi connectivity index (χ4n) is 1.38. The van der Waals surface area contributed by atoms with Crippen molar-refractivity contribution < 1.29 is 4.74 Å². The van der Waals surface area contributed by atoms with Gasteiger partial charge in [0.05, 0.1) is 6.20 Å². The van der Waals surface area contributed by atoms with E-state index in [1.807, 2.05) is 33.2 Å². The fraction of sp³-hybridized carbons (Fsp3) is 0.333. The van der Waals surface area contributed by atoms with Crippen LogP contribution in [0.15, 0.2) is 18.3 Å². The molecule has 0 aliphatic rings. The van der Waals surface area contributed by atoms with Crippen molar-refractivity contribution in [2.45, 2.75) is 13.5 Å². The SMILES string of the molecule is Cc1ccc(OCc2nc(N)nc(N(C)C)n2)cn1. The summed E-state index contributed by atoms with van der Waals surface area (Å²) in [7, 11) is 3.67. The third-order valence-corrected chi connectivity index (χ3v) is 2.34. The van der Waals surface area contributed by atoms with Gasteiger partial charge in [-0.1, -0.05) is 0 Å². The molecule has 0 radical (unpaired) electrons. The normalized spacial score (nSPS) is 10.3. The molecule has 2 aromatic heterocycles. The maximum atomic E-state index is 5.63. The molecule has 2 aromatic rings. The van der Waals surface area contributed by atoms with E-state index in [2.05, 4.69) is 19.9 Å². The molecule has 0 spiro atoms. The van der Waals surface area contributed by atoms with Crippen LogP contribution in [0.4, 0.5) is 11.9 Å². The Hall–Kier alpha value is -2.44. The van der Waals surface area contributed by atoms with E-state index < -0.39 is 0 Å². The van der Waals surface area contributed by atoms with Crippen LogP contribution in [-0.4, -0.2) is 34.0 Å². The van der Waals surface area contributed by atoms with Gasteiger partial charge in [0, 0.05) is 19.8 Å². The lowest BCUT2D eigenvalue weighted by molar-refractivity contribution is 0.294. The number of nitrogens with two attached hydrogens (primary N) is 1. The molecule has 0 saturated carbocycles. The van der Waals surface area contributed by atoms with Gasteiger partial charge < -0.3 is 15.4 Å². The summed E-state index contributed by atoms with van der Waals surface area (Å²) in [6.07, 6.45) is 1.66. The number of aromatic nitrogens is 4. The van der Waals surface area contributed by atoms with Gasteiger partial charge in [-0.15, -0.1) is 0 Å². The highest BCUT2D eigenvalue weighted by Crippen LogP contribution is 2.11. The van der Waals surface area contributed by atoms with Crippen LogP contribution in [0.1, 0.15) is 11.5 Å². The molecule has 0 aliphatic carbocycles. The average Bonchev–Trinajstić information content (AvgIpc) is 2.37. The van der Waals surface area contributed by atoms with Crippen LogP contribution in [0.25, 0.3) is 0 Å². The van der Waals surface area contributed by atoms with Crippen molar-refractivity contribution in [3.8, 4) is 5.75 Å². The zero-order valence-electron chi connectivity index (χ0n) is 11.2. The monoisotopic (exact) mass is 260 g/mol. The molecule has 0 atom stereocenters. The van der Waals surface area contributed by atoms with E-state index in [0.717, 1.165) is 5.69 Å². The molecule has 100 valence electrons. The highest BCUT2D eigenvalue weighted by atomic mass is 16.5. The molecule has 19 heavy (non-hydrogen) atoms. The van der Waals surface area contributed by atoms with Crippen molar-refractivity contribution in [3.63, 3.8) is 0 Å². The van der Waals surface area contributed by atoms with E-state index in [9.17, 15) is 0 Å². The third-order valence-electron chi connectivity index (χ3n) is 2.34. The highest BCUT2D eigenvalue weighted by molar-refractivity contribution is 5.32. The highest BCUT2D eigenvalue weighted by Gasteiger charge is 2.06. The predicted molar refractivity (Wildman–Crippen MR) is 71.9 cm³/mol. The molecule has 0 aliphatic heterocycles. The van der Waals surface area contributed by atoms with Gasteiger partial charge in [-0.25, -0.2) is 0 Å². The number of pyridine rings is 1. The summed E-state index contributed by atoms with van der Waals surface area (Å²) in [5.74, 6) is 1.83. The molecule has 7 heteroatoms. The summed E-state index contributed by atoms with van der Waals surface area (Å²) in [5, 5.41) is 0. The van der Waals surface area contributed by atoms with Crippen LogP contribution in [0.2, 0.25) is 0 Å². The van der Waals surface area contributed by atoms with Crippen molar-refractivity contribution in [2.75, 3.05) is 24.7 Å². The van der Waals surface area contributed by atoms with Crippen molar-refractivity contribution >= 4 is 11.9 Å². The van der Waals surface area contributed by atoms with E-state index in [0.29, 0.717) is 17.5 Å². The Morgan fingerprint density at radius 1 is 1.21 bits per heavy atom. The van der Waals surface area contributed by atoms with Crippen molar-refractivity contribution in [1.82, 2.24) is 19.9 Å². The topological polar surface area (TPSA) is 90.0 Å². The molecule has 0 aromatic carbocycles. The predicted octanol–water partition coefficient (Wildman–Crippen LogP) is 0.802. The summed E-state index contributed by atoms with van der Waals surface area (Å²) in [6, 6.07) is 3.72. The second-order valence-electron chi connectivity index (χ2n) is 4.23. The lowest BCUT2D eigenvalue weighted by Crippen LogP contribution is -2.16. The third kappa shape index (κ3) is 3.51. The van der Waals surface area contributed by atoms with Gasteiger partial charge in [0.15, 0.2) is 5.82 Å². The van der Waals surface area contributed by atoms with Gasteiger partial charge in [-0.3, -0.25) is 4.98 Å². The molecule has 2 heterocycles. The first kappa shape index (κ1) is 13.0. The Kier molecular flexibility index (Phi) is 3.74. The second-order valence-corrected chi connectivity index (χ2v) is 4.23. The van der Waals surface area contributed by atoms with Crippen LogP contribution in [-0.2, 0) is 6.61 Å². The van der Waals surface area contributed by atoms with Gasteiger partial charge in [-0.05, 0) is 19.1 Å². The number of nitrogens with zero attached hydrogens (tertiary/aromatic N) is 5. The number of hydrogen-bond acceptors (Lipinski definition) is 7. The molecule has 2 rings (SSSR count). The van der Waals surface area contributed by atoms with E-state index in [1.165, 1.54) is 0 Å². The zero-order chi connectivity index (χ0) is 13.8. The molecule has 0 unspecified atom stereocenters. The molecule has 2 N–H and O–H groups in total. The molecule has 0 saturated heterocycles. The van der Waals surface area contributed by atoms with Crippen LogP contribution >= 0.6 is 0 Å². The molecule has 0 amide bonds. The first-order valence-corrected chi connectivity index (χ1v) is 5.78. The first-order valence-electron chi connectivity index (χ1n) is 5.78. The number of aryl methyl sites for hydroxylation is 1. The Morgan fingerprint density at radius 2 is 2.00 bits per heavy atom. The zero-order valence-corrected chi connectivity index (χ0v) is 11.2. The Balaban J connectivity index is 2.08. The van der Waals surface area contributed by atoms with E-state index in [1.54, 1.807) is 11.1 Å². The number of nitrogen functional groups attached to an aromatic ring is 1. The van der Waals surface area contributed by atoms with Crippen molar-refractivity contribution in [3.05, 3.63) is 29.8 Å². The lowest BCUT2D eigenvalue weighted by atomic mass is 10.4. The number of rotatable bonds is 4. The van der Waals surface area contributed by atoms with Gasteiger partial charge in [0.25, 0.3) is 0 Å². The standard InChI is InChI=1S/C12H16N6O/c1-8-4-5-9(6-14-8)19-7-10-15-11(13)17-12(16-10)18(2)3/h4-6H,7H2,1-3H3,(H2,13,15,16,17). The van der Waals surface area contributed by atoms with E-state index >= 15 is 0 Å². The average molecular weight is 260 g/mol. The molecule has 7 nitrogen and oxygen atoms in total. The molecular formula is C12H16N6O. The Morgan fingerprint density at radius 3 is 2.63 bits per heavy atom. The van der Waals surface area contributed by atoms with Crippen LogP contribution in [0, 0.1) is 6.92 Å². The van der Waals surface area contributed by atoms with Crippen molar-refractivity contribution in [1.29, 1.82) is 0 Å². The molecule has 0 fully saturated rings. The number of ether oxygens (including phenoxy) is 1. The van der Waals surface area contributed by atoms with Gasteiger partial charge in [0.2, 0.25) is 11.9 Å². The van der Waals surface area contributed by atoms with Gasteiger partial charge >= 0.3 is 0 Å². The van der Waals surface area contributed by atoms with E-state index in [4.69, 9.17) is 10.5 Å². The largest absolute Gasteiger partial charge is 0.484 e. The summed E-state index contributed by atoms with van der Waals surface area (Å²) in [4.78, 5) is 18.2. The summed E-state index contributed by atoms with van der Waals surface area (Å²) in [5.41, 5.74) is 6.57. The van der Waals surface area contributed by atoms with Crippen LogP contribution < -0.4 is 15.4 Å². The maximum Gasteiger partial charge on any atom is 0.230 e. The Bertz CT molecular complexity index is 555. The molecule has 0 bridgehead atoms. The smallest absolute Gasteiger partial charge is 0.230 e. The quantitative estimate of drug-likeness (QED) is 0.869. The molecular weight excluding hydrogens is 244 g/mol.